The van der Waals surface area contributed by atoms with E-state index in [2.05, 4.69) is 19.2 Å². The second-order valence-corrected chi connectivity index (χ2v) is 3.07. The van der Waals surface area contributed by atoms with Crippen molar-refractivity contribution >= 4 is 5.91 Å². The number of carbonyl (C=O) groups excluding carboxylic acids is 1. The average molecular weight is 157 g/mol. The molecule has 2 nitrogen and oxygen atoms in total. The zero-order valence-corrected chi connectivity index (χ0v) is 7.98. The maximum absolute atomic E-state index is 11.2. The maximum atomic E-state index is 11.2. The van der Waals surface area contributed by atoms with E-state index in [-0.39, 0.29) is 11.8 Å². The Labute approximate surface area is 69.4 Å². The van der Waals surface area contributed by atoms with E-state index in [1.54, 1.807) is 0 Å². The molecule has 0 aromatic rings. The summed E-state index contributed by atoms with van der Waals surface area (Å²) < 4.78 is 0. The van der Waals surface area contributed by atoms with E-state index in [1.165, 1.54) is 0 Å². The van der Waals surface area contributed by atoms with Gasteiger partial charge in [-0.3, -0.25) is 4.79 Å². The molecule has 0 spiro atoms. The van der Waals surface area contributed by atoms with Crippen LogP contribution >= 0.6 is 0 Å². The summed E-state index contributed by atoms with van der Waals surface area (Å²) >= 11 is 0. The van der Waals surface area contributed by atoms with Gasteiger partial charge >= 0.3 is 0 Å². The molecule has 1 N–H and O–H groups in total. The molecule has 0 radical (unpaired) electrons. The minimum absolute atomic E-state index is 0.153. The van der Waals surface area contributed by atoms with Crippen LogP contribution < -0.4 is 5.32 Å². The summed E-state index contributed by atoms with van der Waals surface area (Å²) in [5, 5.41) is 2.82. The first-order valence-electron chi connectivity index (χ1n) is 4.41. The molecule has 2 unspecified atom stereocenters. The number of rotatable bonds is 4. The van der Waals surface area contributed by atoms with Crippen molar-refractivity contribution in [2.75, 3.05) is 6.54 Å². The number of carbonyl (C=O) groups is 1. The lowest BCUT2D eigenvalue weighted by Crippen LogP contribution is -2.32. The fourth-order valence-electron chi connectivity index (χ4n) is 0.947. The molecule has 0 aliphatic carbocycles. The van der Waals surface area contributed by atoms with E-state index in [4.69, 9.17) is 0 Å². The first-order valence-corrected chi connectivity index (χ1v) is 4.41. The van der Waals surface area contributed by atoms with Crippen LogP contribution in [0.3, 0.4) is 0 Å². The minimum Gasteiger partial charge on any atom is -0.356 e. The maximum Gasteiger partial charge on any atom is 0.223 e. The van der Waals surface area contributed by atoms with Gasteiger partial charge < -0.3 is 5.32 Å². The van der Waals surface area contributed by atoms with E-state index in [0.717, 1.165) is 13.0 Å². The van der Waals surface area contributed by atoms with Crippen molar-refractivity contribution in [2.45, 2.75) is 34.1 Å². The average Bonchev–Trinajstić information content (AvgIpc) is 2.02. The summed E-state index contributed by atoms with van der Waals surface area (Å²) in [5.74, 6) is 0.823. The number of nitrogens with one attached hydrogen (secondary N) is 1. The Morgan fingerprint density at radius 1 is 1.36 bits per heavy atom. The molecule has 2 heteroatoms. The Kier molecular flexibility index (Phi) is 4.92. The third kappa shape index (κ3) is 3.40. The predicted octanol–water partition coefficient (Wildman–Crippen LogP) is 1.80. The summed E-state index contributed by atoms with van der Waals surface area (Å²) in [7, 11) is 0. The van der Waals surface area contributed by atoms with Crippen LogP contribution in [0.25, 0.3) is 0 Å². The van der Waals surface area contributed by atoms with Crippen molar-refractivity contribution in [3.63, 3.8) is 0 Å². The van der Waals surface area contributed by atoms with E-state index in [1.807, 2.05) is 13.8 Å². The van der Waals surface area contributed by atoms with Crippen molar-refractivity contribution in [1.82, 2.24) is 5.32 Å². The zero-order valence-electron chi connectivity index (χ0n) is 7.98. The van der Waals surface area contributed by atoms with Crippen molar-refractivity contribution in [1.29, 1.82) is 0 Å². The van der Waals surface area contributed by atoms with Crippen LogP contribution in [-0.4, -0.2) is 12.5 Å². The Balaban J connectivity index is 3.80. The van der Waals surface area contributed by atoms with Crippen molar-refractivity contribution < 1.29 is 4.79 Å². The summed E-state index contributed by atoms with van der Waals surface area (Å²) in [6.45, 7) is 8.89. The highest BCUT2D eigenvalue weighted by Gasteiger charge is 2.17. The lowest BCUT2D eigenvalue weighted by molar-refractivity contribution is -0.125. The third-order valence-electron chi connectivity index (χ3n) is 2.26. The molecule has 0 aliphatic heterocycles. The topological polar surface area (TPSA) is 29.1 Å². The highest BCUT2D eigenvalue weighted by molar-refractivity contribution is 5.78. The van der Waals surface area contributed by atoms with Gasteiger partial charge in [-0.2, -0.15) is 0 Å². The van der Waals surface area contributed by atoms with E-state index < -0.39 is 0 Å². The molecule has 2 atom stereocenters. The monoisotopic (exact) mass is 157 g/mol. The van der Waals surface area contributed by atoms with Crippen LogP contribution in [0, 0.1) is 11.8 Å². The van der Waals surface area contributed by atoms with Gasteiger partial charge in [0, 0.05) is 12.5 Å². The lowest BCUT2D eigenvalue weighted by atomic mass is 9.93. The Hall–Kier alpha value is -0.530. The van der Waals surface area contributed by atoms with E-state index in [0.29, 0.717) is 5.92 Å². The fourth-order valence-corrected chi connectivity index (χ4v) is 0.947. The summed E-state index contributed by atoms with van der Waals surface area (Å²) in [6, 6.07) is 0. The van der Waals surface area contributed by atoms with Crippen LogP contribution in [0.15, 0.2) is 0 Å². The molecule has 1 amide bonds. The highest BCUT2D eigenvalue weighted by Crippen LogP contribution is 2.13. The van der Waals surface area contributed by atoms with Gasteiger partial charge in [-0.05, 0) is 12.8 Å². The summed E-state index contributed by atoms with van der Waals surface area (Å²) in [4.78, 5) is 11.2. The van der Waals surface area contributed by atoms with Crippen molar-refractivity contribution in [3.05, 3.63) is 0 Å². The number of hydrogen-bond acceptors (Lipinski definition) is 1. The van der Waals surface area contributed by atoms with Gasteiger partial charge in [0.1, 0.15) is 0 Å². The summed E-state index contributed by atoms with van der Waals surface area (Å²) in [6.07, 6.45) is 1.07. The van der Waals surface area contributed by atoms with Crippen LogP contribution in [0.5, 0.6) is 0 Å². The van der Waals surface area contributed by atoms with Gasteiger partial charge in [0.2, 0.25) is 5.91 Å². The molecule has 0 bridgehead atoms. The Bertz CT molecular complexity index is 123. The largest absolute Gasteiger partial charge is 0.356 e. The van der Waals surface area contributed by atoms with Crippen molar-refractivity contribution in [3.8, 4) is 0 Å². The Morgan fingerprint density at radius 2 is 1.91 bits per heavy atom. The van der Waals surface area contributed by atoms with Gasteiger partial charge in [0.15, 0.2) is 0 Å². The molecule has 0 saturated heterocycles. The van der Waals surface area contributed by atoms with Gasteiger partial charge in [-0.15, -0.1) is 0 Å². The van der Waals surface area contributed by atoms with Gasteiger partial charge in [-0.1, -0.05) is 27.2 Å². The van der Waals surface area contributed by atoms with Crippen LogP contribution in [-0.2, 0) is 4.79 Å². The van der Waals surface area contributed by atoms with Crippen molar-refractivity contribution in [2.24, 2.45) is 11.8 Å². The number of hydrogen-bond donors (Lipinski definition) is 1. The SMILES string of the molecule is CCNC(=O)C(C)C(C)CC. The molecule has 0 fully saturated rings. The molecular weight excluding hydrogens is 138 g/mol. The zero-order chi connectivity index (χ0) is 8.85. The molecule has 0 rings (SSSR count). The summed E-state index contributed by atoms with van der Waals surface area (Å²) in [5.41, 5.74) is 0. The molecule has 0 aliphatic rings. The second-order valence-electron chi connectivity index (χ2n) is 3.07. The Morgan fingerprint density at radius 3 is 2.27 bits per heavy atom. The smallest absolute Gasteiger partial charge is 0.223 e. The van der Waals surface area contributed by atoms with Gasteiger partial charge in [0.05, 0.1) is 0 Å². The first-order chi connectivity index (χ1) is 5.13. The fraction of sp³-hybridized carbons (Fsp3) is 0.889. The molecule has 0 heterocycles. The molecule has 0 aromatic heterocycles. The molecule has 66 valence electrons. The standard InChI is InChI=1S/C9H19NO/c1-5-7(3)8(4)9(11)10-6-2/h7-8H,5-6H2,1-4H3,(H,10,11). The van der Waals surface area contributed by atoms with E-state index >= 15 is 0 Å². The molecule has 0 saturated carbocycles. The molecule has 11 heavy (non-hydrogen) atoms. The second kappa shape index (κ2) is 5.16. The van der Waals surface area contributed by atoms with Crippen LogP contribution in [0.1, 0.15) is 34.1 Å². The first kappa shape index (κ1) is 10.5. The molecular formula is C9H19NO. The van der Waals surface area contributed by atoms with Crippen LogP contribution in [0.2, 0.25) is 0 Å². The number of amides is 1. The third-order valence-corrected chi connectivity index (χ3v) is 2.26. The normalized spacial score (nSPS) is 15.6. The molecule has 0 aromatic carbocycles. The highest BCUT2D eigenvalue weighted by atomic mass is 16.1. The van der Waals surface area contributed by atoms with Gasteiger partial charge in [-0.25, -0.2) is 0 Å². The quantitative estimate of drug-likeness (QED) is 0.662. The minimum atomic E-state index is 0.153. The van der Waals surface area contributed by atoms with Crippen LogP contribution in [0.4, 0.5) is 0 Å². The lowest BCUT2D eigenvalue weighted by Gasteiger charge is -2.16. The van der Waals surface area contributed by atoms with E-state index in [9.17, 15) is 4.79 Å². The predicted molar refractivity (Wildman–Crippen MR) is 47.3 cm³/mol. The van der Waals surface area contributed by atoms with Gasteiger partial charge in [0.25, 0.3) is 0 Å².